The molecule has 0 N–H and O–H groups in total. The Balaban J connectivity index is 4.65. The second-order valence-corrected chi connectivity index (χ2v) is 7.71. The van der Waals surface area contributed by atoms with Gasteiger partial charge >= 0.3 is 5.97 Å². The lowest BCUT2D eigenvalue weighted by Crippen LogP contribution is -2.34. The van der Waals surface area contributed by atoms with Gasteiger partial charge in [-0.15, -0.1) is 0 Å². The summed E-state index contributed by atoms with van der Waals surface area (Å²) in [6.45, 7) is 17.5. The summed E-state index contributed by atoms with van der Waals surface area (Å²) in [4.78, 5) is 12.1. The largest absolute Gasteiger partial charge is 0.465 e. The molecule has 0 rings (SSSR count). The summed E-state index contributed by atoms with van der Waals surface area (Å²) in [6.07, 6.45) is 0.868. The van der Waals surface area contributed by atoms with Crippen molar-refractivity contribution in [2.45, 2.75) is 61.8 Å². The van der Waals surface area contributed by atoms with Crippen LogP contribution in [0, 0.1) is 22.7 Å². The Morgan fingerprint density at radius 3 is 1.82 bits per heavy atom. The third-order valence-electron chi connectivity index (χ3n) is 2.71. The zero-order chi connectivity index (χ0) is 13.9. The average molecular weight is 242 g/mol. The van der Waals surface area contributed by atoms with Gasteiger partial charge in [-0.1, -0.05) is 55.4 Å². The van der Waals surface area contributed by atoms with Crippen molar-refractivity contribution < 1.29 is 9.53 Å². The molecular formula is C15H30O2. The highest BCUT2D eigenvalue weighted by Gasteiger charge is 2.35. The van der Waals surface area contributed by atoms with E-state index in [0.717, 1.165) is 6.42 Å². The molecule has 0 aliphatic heterocycles. The number of esters is 1. The average Bonchev–Trinajstić information content (AvgIpc) is 2.07. The van der Waals surface area contributed by atoms with Crippen LogP contribution in [0.15, 0.2) is 0 Å². The van der Waals surface area contributed by atoms with Crippen molar-refractivity contribution in [1.82, 2.24) is 0 Å². The highest BCUT2D eigenvalue weighted by molar-refractivity contribution is 5.73. The predicted octanol–water partition coefficient (Wildman–Crippen LogP) is 4.28. The van der Waals surface area contributed by atoms with E-state index in [1.807, 2.05) is 0 Å². The van der Waals surface area contributed by atoms with Crippen LogP contribution in [0.4, 0.5) is 0 Å². The third kappa shape index (κ3) is 7.40. The molecule has 0 fully saturated rings. The van der Waals surface area contributed by atoms with Gasteiger partial charge in [0, 0.05) is 0 Å². The van der Waals surface area contributed by atoms with Crippen molar-refractivity contribution >= 4 is 5.97 Å². The molecule has 0 heterocycles. The van der Waals surface area contributed by atoms with Gasteiger partial charge in [0.05, 0.1) is 12.5 Å². The van der Waals surface area contributed by atoms with Crippen LogP contribution in [0.2, 0.25) is 0 Å². The fourth-order valence-electron chi connectivity index (χ4n) is 1.70. The standard InChI is InChI=1S/C15H30O2/c1-11(2)10-17-13(16)12(15(6,7)8)9-14(3,4)5/h11-12H,9-10H2,1-8H3. The van der Waals surface area contributed by atoms with Gasteiger partial charge in [0.25, 0.3) is 0 Å². The third-order valence-corrected chi connectivity index (χ3v) is 2.71. The molecule has 0 aromatic carbocycles. The Bertz CT molecular complexity index is 241. The van der Waals surface area contributed by atoms with E-state index in [9.17, 15) is 4.79 Å². The molecular weight excluding hydrogens is 212 g/mol. The maximum absolute atomic E-state index is 12.1. The number of carbonyl (C=O) groups excluding carboxylic acids is 1. The van der Waals surface area contributed by atoms with Crippen molar-refractivity contribution in [3.05, 3.63) is 0 Å². The molecule has 0 amide bonds. The SMILES string of the molecule is CC(C)COC(=O)C(CC(C)(C)C)C(C)(C)C. The summed E-state index contributed by atoms with van der Waals surface area (Å²) in [5.41, 5.74) is 0.107. The van der Waals surface area contributed by atoms with Gasteiger partial charge in [-0.2, -0.15) is 0 Å². The minimum absolute atomic E-state index is 0.0266. The maximum Gasteiger partial charge on any atom is 0.309 e. The summed E-state index contributed by atoms with van der Waals surface area (Å²) in [5.74, 6) is 0.330. The summed E-state index contributed by atoms with van der Waals surface area (Å²) in [5, 5.41) is 0. The Hall–Kier alpha value is -0.530. The lowest BCUT2D eigenvalue weighted by atomic mass is 9.72. The van der Waals surface area contributed by atoms with Gasteiger partial charge in [-0.3, -0.25) is 4.79 Å². The number of ether oxygens (including phenoxy) is 1. The van der Waals surface area contributed by atoms with E-state index in [1.165, 1.54) is 0 Å². The lowest BCUT2D eigenvalue weighted by Gasteiger charge is -2.33. The molecule has 1 atom stereocenters. The van der Waals surface area contributed by atoms with E-state index in [-0.39, 0.29) is 22.7 Å². The Kier molecular flexibility index (Phi) is 5.70. The maximum atomic E-state index is 12.1. The smallest absolute Gasteiger partial charge is 0.309 e. The van der Waals surface area contributed by atoms with E-state index >= 15 is 0 Å². The van der Waals surface area contributed by atoms with Crippen molar-refractivity contribution in [1.29, 1.82) is 0 Å². The molecule has 0 saturated heterocycles. The van der Waals surface area contributed by atoms with Crippen molar-refractivity contribution in [2.24, 2.45) is 22.7 Å². The van der Waals surface area contributed by atoms with Crippen LogP contribution in [0.5, 0.6) is 0 Å². The first-order valence-corrected chi connectivity index (χ1v) is 6.60. The highest BCUT2D eigenvalue weighted by Crippen LogP contribution is 2.36. The van der Waals surface area contributed by atoms with Crippen LogP contribution >= 0.6 is 0 Å². The summed E-state index contributed by atoms with van der Waals surface area (Å²) in [6, 6.07) is 0. The molecule has 102 valence electrons. The molecule has 0 aliphatic rings. The Labute approximate surface area is 107 Å². The van der Waals surface area contributed by atoms with Gasteiger partial charge < -0.3 is 4.74 Å². The van der Waals surface area contributed by atoms with E-state index in [4.69, 9.17) is 4.74 Å². The Morgan fingerprint density at radius 2 is 1.53 bits per heavy atom. The Morgan fingerprint density at radius 1 is 1.06 bits per heavy atom. The van der Waals surface area contributed by atoms with E-state index < -0.39 is 0 Å². The van der Waals surface area contributed by atoms with Crippen LogP contribution in [-0.2, 0) is 9.53 Å². The molecule has 0 bridgehead atoms. The quantitative estimate of drug-likeness (QED) is 0.688. The number of rotatable bonds is 4. The monoisotopic (exact) mass is 242 g/mol. The van der Waals surface area contributed by atoms with Crippen LogP contribution < -0.4 is 0 Å². The first-order chi connectivity index (χ1) is 7.43. The second-order valence-electron chi connectivity index (χ2n) is 7.71. The zero-order valence-corrected chi connectivity index (χ0v) is 12.9. The van der Waals surface area contributed by atoms with Gasteiger partial charge in [-0.25, -0.2) is 0 Å². The summed E-state index contributed by atoms with van der Waals surface area (Å²) in [7, 11) is 0. The van der Waals surface area contributed by atoms with Crippen LogP contribution in [0.3, 0.4) is 0 Å². The minimum Gasteiger partial charge on any atom is -0.465 e. The molecule has 0 aliphatic carbocycles. The highest BCUT2D eigenvalue weighted by atomic mass is 16.5. The zero-order valence-electron chi connectivity index (χ0n) is 12.9. The first-order valence-electron chi connectivity index (χ1n) is 6.60. The summed E-state index contributed by atoms with van der Waals surface area (Å²) >= 11 is 0. The molecule has 0 radical (unpaired) electrons. The van der Waals surface area contributed by atoms with Crippen LogP contribution in [0.25, 0.3) is 0 Å². The van der Waals surface area contributed by atoms with Gasteiger partial charge in [0.15, 0.2) is 0 Å². The van der Waals surface area contributed by atoms with Crippen molar-refractivity contribution in [3.8, 4) is 0 Å². The van der Waals surface area contributed by atoms with Crippen LogP contribution in [-0.4, -0.2) is 12.6 Å². The molecule has 0 spiro atoms. The molecule has 0 saturated carbocycles. The van der Waals surface area contributed by atoms with Gasteiger partial charge in [0.2, 0.25) is 0 Å². The van der Waals surface area contributed by atoms with Gasteiger partial charge in [-0.05, 0) is 23.2 Å². The second kappa shape index (κ2) is 5.88. The van der Waals surface area contributed by atoms with Gasteiger partial charge in [0.1, 0.15) is 0 Å². The first kappa shape index (κ1) is 16.5. The van der Waals surface area contributed by atoms with E-state index in [1.54, 1.807) is 0 Å². The normalized spacial score (nSPS) is 14.9. The predicted molar refractivity (Wildman–Crippen MR) is 72.8 cm³/mol. The molecule has 2 heteroatoms. The van der Waals surface area contributed by atoms with Crippen molar-refractivity contribution in [3.63, 3.8) is 0 Å². The number of hydrogen-bond donors (Lipinski definition) is 0. The fraction of sp³-hybridized carbons (Fsp3) is 0.933. The van der Waals surface area contributed by atoms with E-state index in [0.29, 0.717) is 12.5 Å². The number of carbonyl (C=O) groups is 1. The fourth-order valence-corrected chi connectivity index (χ4v) is 1.70. The topological polar surface area (TPSA) is 26.3 Å². The van der Waals surface area contributed by atoms with E-state index in [2.05, 4.69) is 55.4 Å². The van der Waals surface area contributed by atoms with Crippen LogP contribution in [0.1, 0.15) is 61.8 Å². The molecule has 2 nitrogen and oxygen atoms in total. The summed E-state index contributed by atoms with van der Waals surface area (Å²) < 4.78 is 5.40. The van der Waals surface area contributed by atoms with Crippen molar-refractivity contribution in [2.75, 3.05) is 6.61 Å². The molecule has 17 heavy (non-hydrogen) atoms. The lowest BCUT2D eigenvalue weighted by molar-refractivity contribution is -0.155. The molecule has 1 unspecified atom stereocenters. The molecule has 0 aromatic rings. The molecule has 0 aromatic heterocycles. The number of hydrogen-bond acceptors (Lipinski definition) is 2. The minimum atomic E-state index is -0.0406.